The Labute approximate surface area is 121 Å². The first kappa shape index (κ1) is 18.2. The second-order valence-corrected chi connectivity index (χ2v) is 4.77. The fraction of sp³-hybridized carbons (Fsp3) is 0.846. The Hall–Kier alpha value is -0.810. The van der Waals surface area contributed by atoms with Gasteiger partial charge < -0.3 is 16.0 Å². The lowest BCUT2D eigenvalue weighted by Gasteiger charge is -2.06. The zero-order valence-electron chi connectivity index (χ0n) is 11.7. The molecule has 0 atom stereocenters. The second kappa shape index (κ2) is 11.1. The van der Waals surface area contributed by atoms with Crippen LogP contribution < -0.4 is 16.0 Å². The lowest BCUT2D eigenvalue weighted by molar-refractivity contribution is -0.123. The minimum Gasteiger partial charge on any atom is -0.356 e. The van der Waals surface area contributed by atoms with Gasteiger partial charge >= 0.3 is 0 Å². The standard InChI is InChI=1S/C13H25N3O2.ClH/c1-2-7-14-9-10-15-12(17)4-3-8-16-13(18)11-5-6-11;/h11,14H,2-10H2,1H3,(H,15,17)(H,16,18);1H. The fourth-order valence-electron chi connectivity index (χ4n) is 1.63. The van der Waals surface area contributed by atoms with Gasteiger partial charge in [0.25, 0.3) is 0 Å². The van der Waals surface area contributed by atoms with E-state index in [1.54, 1.807) is 0 Å². The number of amides is 2. The summed E-state index contributed by atoms with van der Waals surface area (Å²) in [5, 5.41) is 8.92. The van der Waals surface area contributed by atoms with Gasteiger partial charge in [-0.3, -0.25) is 9.59 Å². The first-order valence-electron chi connectivity index (χ1n) is 6.99. The molecule has 1 saturated carbocycles. The molecule has 3 N–H and O–H groups in total. The molecule has 0 radical (unpaired) electrons. The van der Waals surface area contributed by atoms with Crippen LogP contribution in [0.15, 0.2) is 0 Å². The van der Waals surface area contributed by atoms with Crippen LogP contribution in [-0.2, 0) is 9.59 Å². The molecule has 0 unspecified atom stereocenters. The maximum Gasteiger partial charge on any atom is 0.223 e. The summed E-state index contributed by atoms with van der Waals surface area (Å²) in [6, 6.07) is 0. The number of carbonyl (C=O) groups is 2. The Morgan fingerprint density at radius 1 is 1.05 bits per heavy atom. The van der Waals surface area contributed by atoms with Crippen molar-refractivity contribution in [3.8, 4) is 0 Å². The predicted molar refractivity (Wildman–Crippen MR) is 78.4 cm³/mol. The van der Waals surface area contributed by atoms with Gasteiger partial charge in [0.15, 0.2) is 0 Å². The highest BCUT2D eigenvalue weighted by Gasteiger charge is 2.28. The monoisotopic (exact) mass is 291 g/mol. The van der Waals surface area contributed by atoms with Gasteiger partial charge in [-0.2, -0.15) is 0 Å². The van der Waals surface area contributed by atoms with Crippen molar-refractivity contribution < 1.29 is 9.59 Å². The molecule has 0 aromatic carbocycles. The normalized spacial score (nSPS) is 13.5. The predicted octanol–water partition coefficient (Wildman–Crippen LogP) is 0.830. The molecule has 1 aliphatic carbocycles. The Morgan fingerprint density at radius 3 is 2.42 bits per heavy atom. The van der Waals surface area contributed by atoms with Crippen LogP contribution in [0.2, 0.25) is 0 Å². The van der Waals surface area contributed by atoms with E-state index in [0.29, 0.717) is 25.9 Å². The lowest BCUT2D eigenvalue weighted by Crippen LogP contribution is -2.32. The molecule has 0 spiro atoms. The molecule has 1 aliphatic rings. The van der Waals surface area contributed by atoms with Gasteiger partial charge in [0, 0.05) is 32.0 Å². The molecular weight excluding hydrogens is 266 g/mol. The summed E-state index contributed by atoms with van der Waals surface area (Å²) in [7, 11) is 0. The summed E-state index contributed by atoms with van der Waals surface area (Å²) in [5.41, 5.74) is 0. The fourth-order valence-corrected chi connectivity index (χ4v) is 1.63. The molecular formula is C13H26ClN3O2. The van der Waals surface area contributed by atoms with Crippen molar-refractivity contribution >= 4 is 24.2 Å². The minimum absolute atomic E-state index is 0. The molecule has 112 valence electrons. The van der Waals surface area contributed by atoms with Gasteiger partial charge in [-0.15, -0.1) is 12.4 Å². The highest BCUT2D eigenvalue weighted by Crippen LogP contribution is 2.28. The van der Waals surface area contributed by atoms with Crippen LogP contribution in [-0.4, -0.2) is 38.0 Å². The van der Waals surface area contributed by atoms with Gasteiger partial charge in [-0.05, 0) is 32.2 Å². The average molecular weight is 292 g/mol. The van der Waals surface area contributed by atoms with Crippen molar-refractivity contribution in [1.82, 2.24) is 16.0 Å². The van der Waals surface area contributed by atoms with E-state index in [2.05, 4.69) is 22.9 Å². The van der Waals surface area contributed by atoms with Crippen LogP contribution in [0.1, 0.15) is 39.0 Å². The van der Waals surface area contributed by atoms with E-state index in [0.717, 1.165) is 32.4 Å². The molecule has 0 aromatic rings. The summed E-state index contributed by atoms with van der Waals surface area (Å²) >= 11 is 0. The van der Waals surface area contributed by atoms with Gasteiger partial charge in [0.05, 0.1) is 0 Å². The van der Waals surface area contributed by atoms with Crippen molar-refractivity contribution in [3.63, 3.8) is 0 Å². The SMILES string of the molecule is CCCNCCNC(=O)CCCNC(=O)C1CC1.Cl. The van der Waals surface area contributed by atoms with Gasteiger partial charge in [-0.25, -0.2) is 0 Å². The van der Waals surface area contributed by atoms with E-state index in [4.69, 9.17) is 0 Å². The number of hydrogen-bond acceptors (Lipinski definition) is 3. The molecule has 5 nitrogen and oxygen atoms in total. The topological polar surface area (TPSA) is 70.2 Å². The number of carbonyl (C=O) groups excluding carboxylic acids is 2. The number of hydrogen-bond donors (Lipinski definition) is 3. The van der Waals surface area contributed by atoms with Crippen LogP contribution in [0.25, 0.3) is 0 Å². The van der Waals surface area contributed by atoms with E-state index in [1.807, 2.05) is 0 Å². The first-order valence-corrected chi connectivity index (χ1v) is 6.99. The smallest absolute Gasteiger partial charge is 0.223 e. The quantitative estimate of drug-likeness (QED) is 0.522. The summed E-state index contributed by atoms with van der Waals surface area (Å²) in [6.45, 7) is 5.20. The number of halogens is 1. The van der Waals surface area contributed by atoms with Gasteiger partial charge in [-0.1, -0.05) is 6.92 Å². The summed E-state index contributed by atoms with van der Waals surface area (Å²) < 4.78 is 0. The van der Waals surface area contributed by atoms with Crippen LogP contribution in [0.3, 0.4) is 0 Å². The van der Waals surface area contributed by atoms with Crippen molar-refractivity contribution in [1.29, 1.82) is 0 Å². The summed E-state index contributed by atoms with van der Waals surface area (Å²) in [6.07, 6.45) is 4.36. The van der Waals surface area contributed by atoms with E-state index in [-0.39, 0.29) is 30.1 Å². The zero-order valence-corrected chi connectivity index (χ0v) is 12.5. The highest BCUT2D eigenvalue weighted by molar-refractivity contribution is 5.85. The van der Waals surface area contributed by atoms with E-state index in [9.17, 15) is 9.59 Å². The van der Waals surface area contributed by atoms with Crippen molar-refractivity contribution in [3.05, 3.63) is 0 Å². The third-order valence-electron chi connectivity index (χ3n) is 2.88. The van der Waals surface area contributed by atoms with Crippen LogP contribution in [0.5, 0.6) is 0 Å². The maximum atomic E-state index is 11.4. The van der Waals surface area contributed by atoms with Gasteiger partial charge in [0.1, 0.15) is 0 Å². The van der Waals surface area contributed by atoms with Crippen molar-refractivity contribution in [2.45, 2.75) is 39.0 Å². The van der Waals surface area contributed by atoms with Crippen LogP contribution in [0.4, 0.5) is 0 Å². The summed E-state index contributed by atoms with van der Waals surface area (Å²) in [4.78, 5) is 22.7. The third kappa shape index (κ3) is 9.73. The average Bonchev–Trinajstić information content (AvgIpc) is 3.18. The van der Waals surface area contributed by atoms with Crippen molar-refractivity contribution in [2.75, 3.05) is 26.2 Å². The molecule has 1 rings (SSSR count). The maximum absolute atomic E-state index is 11.4. The Bertz CT molecular complexity index is 271. The number of rotatable bonds is 10. The Balaban J connectivity index is 0.00000324. The van der Waals surface area contributed by atoms with Crippen molar-refractivity contribution in [2.24, 2.45) is 5.92 Å². The molecule has 0 saturated heterocycles. The molecule has 2 amide bonds. The lowest BCUT2D eigenvalue weighted by atomic mass is 10.3. The molecule has 1 fully saturated rings. The third-order valence-corrected chi connectivity index (χ3v) is 2.88. The zero-order chi connectivity index (χ0) is 13.2. The molecule has 0 heterocycles. The second-order valence-electron chi connectivity index (χ2n) is 4.77. The number of nitrogens with one attached hydrogen (secondary N) is 3. The minimum atomic E-state index is 0. The molecule has 0 aromatic heterocycles. The van der Waals surface area contributed by atoms with Crippen LogP contribution in [0, 0.1) is 5.92 Å². The Morgan fingerprint density at radius 2 is 1.79 bits per heavy atom. The molecule has 0 aliphatic heterocycles. The molecule has 19 heavy (non-hydrogen) atoms. The van der Waals surface area contributed by atoms with Gasteiger partial charge in [0.2, 0.25) is 11.8 Å². The Kier molecular flexibility index (Phi) is 10.6. The van der Waals surface area contributed by atoms with E-state index in [1.165, 1.54) is 0 Å². The first-order chi connectivity index (χ1) is 8.74. The molecule has 0 bridgehead atoms. The van der Waals surface area contributed by atoms with E-state index < -0.39 is 0 Å². The summed E-state index contributed by atoms with van der Waals surface area (Å²) in [5.74, 6) is 0.469. The highest BCUT2D eigenvalue weighted by atomic mass is 35.5. The van der Waals surface area contributed by atoms with E-state index >= 15 is 0 Å². The van der Waals surface area contributed by atoms with Crippen LogP contribution >= 0.6 is 12.4 Å². The molecule has 6 heteroatoms. The largest absolute Gasteiger partial charge is 0.356 e.